The molecule has 1 saturated heterocycles. The van der Waals surface area contributed by atoms with E-state index in [1.165, 1.54) is 5.39 Å². The maximum atomic E-state index is 7.32. The van der Waals surface area contributed by atoms with E-state index in [2.05, 4.69) is 50.3 Å². The zero-order chi connectivity index (χ0) is 22.4. The van der Waals surface area contributed by atoms with Gasteiger partial charge in [-0.1, -0.05) is 30.3 Å². The molecular formula is C27H24N6. The number of benzene rings is 2. The molecule has 162 valence electrons. The lowest BCUT2D eigenvalue weighted by molar-refractivity contribution is 0.376. The first-order valence-corrected chi connectivity index (χ1v) is 11.3. The van der Waals surface area contributed by atoms with Gasteiger partial charge in [0.2, 0.25) is 0 Å². The number of pyridine rings is 1. The SMILES string of the molecule is [C-]#[N+]c1ccc(-c2c(-c3ccc4nn(C)cc4c3)ncc3c2ccn3C2CCNCC2)cc1. The van der Waals surface area contributed by atoms with Crippen LogP contribution in [0.4, 0.5) is 5.69 Å². The number of hydrogen-bond donors (Lipinski definition) is 1. The molecular weight excluding hydrogens is 408 g/mol. The van der Waals surface area contributed by atoms with E-state index in [0.29, 0.717) is 11.7 Å². The second kappa shape index (κ2) is 7.88. The Balaban J connectivity index is 1.58. The minimum absolute atomic E-state index is 0.487. The van der Waals surface area contributed by atoms with E-state index in [4.69, 9.17) is 11.6 Å². The van der Waals surface area contributed by atoms with E-state index in [9.17, 15) is 0 Å². The van der Waals surface area contributed by atoms with Crippen LogP contribution in [0.5, 0.6) is 0 Å². The molecule has 5 aromatic rings. The Morgan fingerprint density at radius 2 is 1.82 bits per heavy atom. The van der Waals surface area contributed by atoms with Gasteiger partial charge in [-0.2, -0.15) is 5.10 Å². The summed E-state index contributed by atoms with van der Waals surface area (Å²) in [4.78, 5) is 8.58. The van der Waals surface area contributed by atoms with Crippen LogP contribution in [0.2, 0.25) is 0 Å². The van der Waals surface area contributed by atoms with Crippen molar-refractivity contribution in [2.75, 3.05) is 13.1 Å². The first kappa shape index (κ1) is 19.7. The van der Waals surface area contributed by atoms with Crippen LogP contribution in [0, 0.1) is 6.57 Å². The summed E-state index contributed by atoms with van der Waals surface area (Å²) < 4.78 is 4.24. The summed E-state index contributed by atoms with van der Waals surface area (Å²) in [5, 5.41) is 10.3. The Morgan fingerprint density at radius 1 is 1.03 bits per heavy atom. The van der Waals surface area contributed by atoms with E-state index in [0.717, 1.165) is 64.7 Å². The van der Waals surface area contributed by atoms with Crippen LogP contribution in [-0.2, 0) is 7.05 Å². The highest BCUT2D eigenvalue weighted by Gasteiger charge is 2.20. The molecule has 6 nitrogen and oxygen atoms in total. The van der Waals surface area contributed by atoms with Crippen molar-refractivity contribution < 1.29 is 0 Å². The molecule has 0 amide bonds. The molecule has 0 saturated carbocycles. The molecule has 4 heterocycles. The molecule has 1 aliphatic rings. The minimum atomic E-state index is 0.487. The molecule has 0 unspecified atom stereocenters. The maximum Gasteiger partial charge on any atom is 0.187 e. The van der Waals surface area contributed by atoms with Crippen LogP contribution in [0.1, 0.15) is 18.9 Å². The summed E-state index contributed by atoms with van der Waals surface area (Å²) in [7, 11) is 1.94. The second-order valence-electron chi connectivity index (χ2n) is 8.72. The Hall–Kier alpha value is -3.95. The molecule has 3 aromatic heterocycles. The fraction of sp³-hybridized carbons (Fsp3) is 0.222. The van der Waals surface area contributed by atoms with Crippen molar-refractivity contribution in [3.05, 3.63) is 78.5 Å². The third-order valence-corrected chi connectivity index (χ3v) is 6.66. The summed E-state index contributed by atoms with van der Waals surface area (Å²) in [5.74, 6) is 0. The smallest absolute Gasteiger partial charge is 0.187 e. The molecule has 1 aliphatic heterocycles. The topological polar surface area (TPSA) is 52.0 Å². The Kier molecular flexibility index (Phi) is 4.70. The molecule has 0 bridgehead atoms. The van der Waals surface area contributed by atoms with E-state index in [1.807, 2.05) is 48.4 Å². The lowest BCUT2D eigenvalue weighted by Crippen LogP contribution is -2.29. The van der Waals surface area contributed by atoms with Gasteiger partial charge in [0, 0.05) is 47.4 Å². The number of rotatable bonds is 3. The highest BCUT2D eigenvalue weighted by Crippen LogP contribution is 2.39. The lowest BCUT2D eigenvalue weighted by Gasteiger charge is -2.25. The number of fused-ring (bicyclic) bond motifs is 2. The highest BCUT2D eigenvalue weighted by atomic mass is 15.2. The third-order valence-electron chi connectivity index (χ3n) is 6.66. The van der Waals surface area contributed by atoms with Gasteiger partial charge >= 0.3 is 0 Å². The minimum Gasteiger partial charge on any atom is -0.343 e. The van der Waals surface area contributed by atoms with Crippen molar-refractivity contribution >= 4 is 27.5 Å². The van der Waals surface area contributed by atoms with Crippen LogP contribution in [0.25, 0.3) is 49.0 Å². The zero-order valence-electron chi connectivity index (χ0n) is 18.5. The van der Waals surface area contributed by atoms with Gasteiger partial charge in [0.15, 0.2) is 5.69 Å². The fourth-order valence-corrected chi connectivity index (χ4v) is 5.04. The summed E-state index contributed by atoms with van der Waals surface area (Å²) in [6.45, 7) is 9.41. The van der Waals surface area contributed by atoms with Crippen LogP contribution in [-0.4, -0.2) is 32.4 Å². The van der Waals surface area contributed by atoms with Crippen LogP contribution in [0.3, 0.4) is 0 Å². The zero-order valence-corrected chi connectivity index (χ0v) is 18.5. The molecule has 0 radical (unpaired) electrons. The van der Waals surface area contributed by atoms with Gasteiger partial charge < -0.3 is 9.88 Å². The van der Waals surface area contributed by atoms with Gasteiger partial charge in [0.1, 0.15) is 0 Å². The van der Waals surface area contributed by atoms with Gasteiger partial charge in [-0.05, 0) is 49.7 Å². The predicted molar refractivity (Wildman–Crippen MR) is 132 cm³/mol. The van der Waals surface area contributed by atoms with Crippen LogP contribution >= 0.6 is 0 Å². The average molecular weight is 433 g/mol. The van der Waals surface area contributed by atoms with Gasteiger partial charge in [-0.25, -0.2) is 4.85 Å². The van der Waals surface area contributed by atoms with Crippen LogP contribution in [0.15, 0.2) is 67.1 Å². The second-order valence-corrected chi connectivity index (χ2v) is 8.72. The maximum absolute atomic E-state index is 7.32. The molecule has 6 heteroatoms. The van der Waals surface area contributed by atoms with Gasteiger partial charge in [-0.15, -0.1) is 0 Å². The van der Waals surface area contributed by atoms with E-state index in [-0.39, 0.29) is 0 Å². The normalized spacial score (nSPS) is 14.7. The van der Waals surface area contributed by atoms with Gasteiger partial charge in [0.05, 0.1) is 29.5 Å². The third kappa shape index (κ3) is 3.38. The monoisotopic (exact) mass is 432 g/mol. The molecule has 33 heavy (non-hydrogen) atoms. The average Bonchev–Trinajstić information content (AvgIpc) is 3.46. The number of piperidine rings is 1. The Morgan fingerprint density at radius 3 is 2.61 bits per heavy atom. The Bertz CT molecular complexity index is 1510. The number of aromatic nitrogens is 4. The Labute approximate surface area is 192 Å². The molecule has 2 aromatic carbocycles. The molecule has 6 rings (SSSR count). The van der Waals surface area contributed by atoms with Crippen molar-refractivity contribution in [3.63, 3.8) is 0 Å². The molecule has 0 aliphatic carbocycles. The lowest BCUT2D eigenvalue weighted by atomic mass is 9.95. The molecule has 0 spiro atoms. The fourth-order valence-electron chi connectivity index (χ4n) is 5.04. The number of nitrogens with zero attached hydrogens (tertiary/aromatic N) is 5. The van der Waals surface area contributed by atoms with E-state index < -0.39 is 0 Å². The first-order chi connectivity index (χ1) is 16.2. The number of nitrogens with one attached hydrogen (secondary N) is 1. The van der Waals surface area contributed by atoms with Crippen molar-refractivity contribution in [3.8, 4) is 22.4 Å². The summed E-state index contributed by atoms with van der Waals surface area (Å²) >= 11 is 0. The van der Waals surface area contributed by atoms with Crippen molar-refractivity contribution in [1.29, 1.82) is 0 Å². The van der Waals surface area contributed by atoms with Gasteiger partial charge in [0.25, 0.3) is 0 Å². The largest absolute Gasteiger partial charge is 0.343 e. The van der Waals surface area contributed by atoms with Crippen molar-refractivity contribution in [2.24, 2.45) is 7.05 Å². The highest BCUT2D eigenvalue weighted by molar-refractivity contribution is 6.02. The quantitative estimate of drug-likeness (QED) is 0.370. The van der Waals surface area contributed by atoms with E-state index >= 15 is 0 Å². The van der Waals surface area contributed by atoms with Crippen molar-refractivity contribution in [2.45, 2.75) is 18.9 Å². The standard InChI is InChI=1S/C27H24N6/c1-28-21-6-3-18(4-7-21)26-23-11-14-33(22-9-12-29-13-10-22)25(23)16-30-27(26)19-5-8-24-20(15-19)17-32(2)31-24/h3-8,11,14-17,22,29H,9-10,12-13H2,2H3. The molecule has 1 fully saturated rings. The predicted octanol–water partition coefficient (Wildman–Crippen LogP) is 5.73. The van der Waals surface area contributed by atoms with E-state index in [1.54, 1.807) is 0 Å². The molecule has 1 N–H and O–H groups in total. The number of hydrogen-bond acceptors (Lipinski definition) is 3. The van der Waals surface area contributed by atoms with Crippen molar-refractivity contribution in [1.82, 2.24) is 24.6 Å². The van der Waals surface area contributed by atoms with Crippen LogP contribution < -0.4 is 5.32 Å². The summed E-state index contributed by atoms with van der Waals surface area (Å²) in [6, 6.07) is 16.9. The summed E-state index contributed by atoms with van der Waals surface area (Å²) in [6.07, 6.45) is 8.52. The van der Waals surface area contributed by atoms with Gasteiger partial charge in [-0.3, -0.25) is 9.67 Å². The first-order valence-electron chi connectivity index (χ1n) is 11.3. The molecule has 0 atom stereocenters. The number of aryl methyl sites for hydroxylation is 1. The summed E-state index contributed by atoms with van der Waals surface area (Å²) in [5.41, 5.74) is 6.98.